The maximum Gasteiger partial charge on any atom is 0.0380 e. The van der Waals surface area contributed by atoms with Crippen LogP contribution in [0.5, 0.6) is 0 Å². The van der Waals surface area contributed by atoms with Gasteiger partial charge < -0.3 is 0 Å². The summed E-state index contributed by atoms with van der Waals surface area (Å²) < 4.78 is 0. The summed E-state index contributed by atoms with van der Waals surface area (Å²) in [6.07, 6.45) is 3.81. The first-order valence-electron chi connectivity index (χ1n) is 2.71. The van der Waals surface area contributed by atoms with Crippen LogP contribution < -0.4 is 0 Å². The first-order chi connectivity index (χ1) is 3.85. The van der Waals surface area contributed by atoms with Crippen molar-refractivity contribution in [1.82, 2.24) is 5.01 Å². The average Bonchev–Trinajstić information content (AvgIpc) is 1.83. The van der Waals surface area contributed by atoms with Crippen LogP contribution in [0.1, 0.15) is 13.8 Å². The van der Waals surface area contributed by atoms with Gasteiger partial charge in [0.25, 0.3) is 0 Å². The largest absolute Gasteiger partial charge is 0.274 e. The van der Waals surface area contributed by atoms with E-state index in [1.807, 2.05) is 26.1 Å². The van der Waals surface area contributed by atoms with Crippen LogP contribution in [-0.4, -0.2) is 18.3 Å². The third-order valence-corrected chi connectivity index (χ3v) is 0.827. The molecule has 0 atom stereocenters. The van der Waals surface area contributed by atoms with Crippen molar-refractivity contribution in [1.29, 1.82) is 0 Å². The number of allylic oxidation sites excluding steroid dienone is 1. The molecule has 0 fully saturated rings. The molecule has 0 aromatic carbocycles. The van der Waals surface area contributed by atoms with Crippen molar-refractivity contribution >= 4 is 6.72 Å². The van der Waals surface area contributed by atoms with Crippen LogP contribution in [-0.2, 0) is 0 Å². The molecule has 0 amide bonds. The minimum Gasteiger partial charge on any atom is -0.274 e. The highest BCUT2D eigenvalue weighted by Crippen LogP contribution is 1.86. The van der Waals surface area contributed by atoms with Gasteiger partial charge in [-0.05, 0) is 13.8 Å². The van der Waals surface area contributed by atoms with Crippen molar-refractivity contribution in [3.8, 4) is 0 Å². The van der Waals surface area contributed by atoms with Gasteiger partial charge >= 0.3 is 0 Å². The third kappa shape index (κ3) is 2.39. The van der Waals surface area contributed by atoms with E-state index < -0.39 is 0 Å². The first kappa shape index (κ1) is 7.21. The van der Waals surface area contributed by atoms with Crippen molar-refractivity contribution in [3.05, 3.63) is 12.3 Å². The van der Waals surface area contributed by atoms with Gasteiger partial charge in [-0.1, -0.05) is 6.08 Å². The quantitative estimate of drug-likeness (QED) is 0.398. The molecule has 0 saturated carbocycles. The molecule has 0 unspecified atom stereocenters. The SMILES string of the molecule is C=NN(/C=C/C)CC. The Morgan fingerprint density at radius 2 is 2.38 bits per heavy atom. The molecule has 0 aliphatic heterocycles. The van der Waals surface area contributed by atoms with E-state index in [2.05, 4.69) is 11.8 Å². The summed E-state index contributed by atoms with van der Waals surface area (Å²) in [5.41, 5.74) is 0. The van der Waals surface area contributed by atoms with Gasteiger partial charge in [0.2, 0.25) is 0 Å². The molecular weight excluding hydrogens is 100 g/mol. The lowest BCUT2D eigenvalue weighted by Gasteiger charge is -2.07. The lowest BCUT2D eigenvalue weighted by molar-refractivity contribution is 0.425. The van der Waals surface area contributed by atoms with Crippen LogP contribution in [0.15, 0.2) is 17.4 Å². The first-order valence-corrected chi connectivity index (χ1v) is 2.71. The zero-order valence-electron chi connectivity index (χ0n) is 5.46. The highest BCUT2D eigenvalue weighted by molar-refractivity contribution is 5.22. The second kappa shape index (κ2) is 4.37. The average molecular weight is 112 g/mol. The van der Waals surface area contributed by atoms with Crippen molar-refractivity contribution in [2.24, 2.45) is 5.10 Å². The van der Waals surface area contributed by atoms with Crippen LogP contribution in [0.3, 0.4) is 0 Å². The second-order valence-corrected chi connectivity index (χ2v) is 1.38. The molecule has 0 spiro atoms. The maximum absolute atomic E-state index is 3.69. The van der Waals surface area contributed by atoms with E-state index in [0.717, 1.165) is 6.54 Å². The van der Waals surface area contributed by atoms with Crippen LogP contribution in [0.2, 0.25) is 0 Å². The molecule has 0 bridgehead atoms. The molecule has 46 valence electrons. The fourth-order valence-corrected chi connectivity index (χ4v) is 0.425. The van der Waals surface area contributed by atoms with E-state index >= 15 is 0 Å². The van der Waals surface area contributed by atoms with E-state index in [4.69, 9.17) is 0 Å². The predicted octanol–water partition coefficient (Wildman–Crippen LogP) is 1.46. The Morgan fingerprint density at radius 1 is 1.75 bits per heavy atom. The second-order valence-electron chi connectivity index (χ2n) is 1.38. The highest BCUT2D eigenvalue weighted by atomic mass is 15.4. The Morgan fingerprint density at radius 3 is 2.50 bits per heavy atom. The molecule has 0 aliphatic carbocycles. The number of hydrogen-bond acceptors (Lipinski definition) is 2. The van der Waals surface area contributed by atoms with Crippen molar-refractivity contribution in [2.45, 2.75) is 13.8 Å². The Balaban J connectivity index is 3.52. The molecule has 0 saturated heterocycles. The summed E-state index contributed by atoms with van der Waals surface area (Å²) in [6.45, 7) is 8.23. The van der Waals surface area contributed by atoms with E-state index in [9.17, 15) is 0 Å². The zero-order chi connectivity index (χ0) is 6.41. The molecule has 0 rings (SSSR count). The Kier molecular flexibility index (Phi) is 3.94. The molecule has 2 nitrogen and oxygen atoms in total. The Hall–Kier alpha value is -0.790. The molecular formula is C6H12N2. The fourth-order valence-electron chi connectivity index (χ4n) is 0.425. The summed E-state index contributed by atoms with van der Waals surface area (Å²) in [5, 5.41) is 5.46. The van der Waals surface area contributed by atoms with Gasteiger partial charge in [-0.15, -0.1) is 0 Å². The molecule has 0 aromatic rings. The number of rotatable bonds is 3. The topological polar surface area (TPSA) is 15.6 Å². The van der Waals surface area contributed by atoms with Gasteiger partial charge in [0.15, 0.2) is 0 Å². The van der Waals surface area contributed by atoms with Gasteiger partial charge in [-0.25, -0.2) is 0 Å². The van der Waals surface area contributed by atoms with E-state index in [0.29, 0.717) is 0 Å². The van der Waals surface area contributed by atoms with E-state index in [1.165, 1.54) is 0 Å². The fraction of sp³-hybridized carbons (Fsp3) is 0.500. The van der Waals surface area contributed by atoms with Crippen LogP contribution in [0.25, 0.3) is 0 Å². The van der Waals surface area contributed by atoms with Crippen LogP contribution in [0.4, 0.5) is 0 Å². The summed E-state index contributed by atoms with van der Waals surface area (Å²) in [5.74, 6) is 0. The standard InChI is InChI=1S/C6H12N2/c1-4-6-8(5-2)7-3/h4,6H,3,5H2,1-2H3/b6-4+. The summed E-state index contributed by atoms with van der Waals surface area (Å²) in [4.78, 5) is 0. The number of hydrazone groups is 1. The summed E-state index contributed by atoms with van der Waals surface area (Å²) in [6, 6.07) is 0. The lowest BCUT2D eigenvalue weighted by atomic mass is 10.6. The predicted molar refractivity (Wildman–Crippen MR) is 36.7 cm³/mol. The minimum atomic E-state index is 0.883. The van der Waals surface area contributed by atoms with Crippen molar-refractivity contribution < 1.29 is 0 Å². The van der Waals surface area contributed by atoms with Gasteiger partial charge in [0, 0.05) is 19.5 Å². The zero-order valence-corrected chi connectivity index (χ0v) is 5.46. The maximum atomic E-state index is 3.69. The Labute approximate surface area is 50.5 Å². The van der Waals surface area contributed by atoms with E-state index in [-0.39, 0.29) is 0 Å². The summed E-state index contributed by atoms with van der Waals surface area (Å²) in [7, 11) is 0. The van der Waals surface area contributed by atoms with Crippen molar-refractivity contribution in [3.63, 3.8) is 0 Å². The lowest BCUT2D eigenvalue weighted by Crippen LogP contribution is -2.06. The third-order valence-electron chi connectivity index (χ3n) is 0.827. The van der Waals surface area contributed by atoms with Gasteiger partial charge in [0.05, 0.1) is 0 Å². The van der Waals surface area contributed by atoms with Gasteiger partial charge in [-0.2, -0.15) is 5.10 Å². The molecule has 0 heterocycles. The van der Waals surface area contributed by atoms with Crippen molar-refractivity contribution in [2.75, 3.05) is 6.54 Å². The van der Waals surface area contributed by atoms with Gasteiger partial charge in [0.1, 0.15) is 0 Å². The highest BCUT2D eigenvalue weighted by Gasteiger charge is 1.82. The number of nitrogens with zero attached hydrogens (tertiary/aromatic N) is 2. The molecule has 2 heteroatoms. The smallest absolute Gasteiger partial charge is 0.0380 e. The molecule has 0 aliphatic rings. The Bertz CT molecular complexity index is 86.5. The summed E-state index contributed by atoms with van der Waals surface area (Å²) >= 11 is 0. The normalized spacial score (nSPS) is 9.75. The van der Waals surface area contributed by atoms with Gasteiger partial charge in [-0.3, -0.25) is 5.01 Å². The molecule has 8 heavy (non-hydrogen) atoms. The van der Waals surface area contributed by atoms with Crippen LogP contribution >= 0.6 is 0 Å². The minimum absolute atomic E-state index is 0.883. The van der Waals surface area contributed by atoms with Crippen LogP contribution in [0, 0.1) is 0 Å². The van der Waals surface area contributed by atoms with E-state index in [1.54, 1.807) is 5.01 Å². The monoisotopic (exact) mass is 112 g/mol. The molecule has 0 radical (unpaired) electrons. The number of hydrogen-bond donors (Lipinski definition) is 0. The molecule has 0 aromatic heterocycles. The molecule has 0 N–H and O–H groups in total.